The molecular formula is C12H20N4O3. The van der Waals surface area contributed by atoms with Crippen LogP contribution in [0.4, 0.5) is 4.79 Å². The van der Waals surface area contributed by atoms with Crippen molar-refractivity contribution < 1.29 is 14.7 Å². The van der Waals surface area contributed by atoms with E-state index in [4.69, 9.17) is 5.11 Å². The molecule has 7 heteroatoms. The maximum atomic E-state index is 11.8. The van der Waals surface area contributed by atoms with Crippen LogP contribution in [0.25, 0.3) is 0 Å². The summed E-state index contributed by atoms with van der Waals surface area (Å²) in [5.74, 6) is -0.121. The van der Waals surface area contributed by atoms with E-state index < -0.39 is 5.97 Å². The summed E-state index contributed by atoms with van der Waals surface area (Å²) < 4.78 is 0. The van der Waals surface area contributed by atoms with Crippen molar-refractivity contribution in [3.05, 3.63) is 18.2 Å². The summed E-state index contributed by atoms with van der Waals surface area (Å²) >= 11 is 0. The van der Waals surface area contributed by atoms with Crippen molar-refractivity contribution in [2.45, 2.75) is 26.2 Å². The summed E-state index contributed by atoms with van der Waals surface area (Å²) in [5, 5.41) is 11.4. The van der Waals surface area contributed by atoms with E-state index >= 15 is 0 Å². The molecule has 106 valence electrons. The Morgan fingerprint density at radius 2 is 2.32 bits per heavy atom. The maximum absolute atomic E-state index is 11.8. The van der Waals surface area contributed by atoms with Crippen LogP contribution in [-0.2, 0) is 11.2 Å². The molecule has 0 fully saturated rings. The Labute approximate surface area is 112 Å². The smallest absolute Gasteiger partial charge is 0.323 e. The van der Waals surface area contributed by atoms with Crippen LogP contribution in [0.3, 0.4) is 0 Å². The van der Waals surface area contributed by atoms with Crippen molar-refractivity contribution in [2.24, 2.45) is 0 Å². The highest BCUT2D eigenvalue weighted by Gasteiger charge is 2.14. The molecule has 1 aromatic rings. The minimum atomic E-state index is -1.00. The van der Waals surface area contributed by atoms with Crippen molar-refractivity contribution in [3.8, 4) is 0 Å². The Morgan fingerprint density at radius 1 is 1.53 bits per heavy atom. The number of aromatic nitrogens is 2. The van der Waals surface area contributed by atoms with Crippen LogP contribution in [0.2, 0.25) is 0 Å². The average Bonchev–Trinajstić information content (AvgIpc) is 2.86. The maximum Gasteiger partial charge on any atom is 0.323 e. The second-order valence-corrected chi connectivity index (χ2v) is 4.19. The molecule has 19 heavy (non-hydrogen) atoms. The second kappa shape index (κ2) is 8.12. The lowest BCUT2D eigenvalue weighted by molar-refractivity contribution is -0.137. The number of hydrogen-bond donors (Lipinski definition) is 3. The fourth-order valence-corrected chi connectivity index (χ4v) is 1.68. The third-order valence-electron chi connectivity index (χ3n) is 2.53. The number of nitrogens with zero attached hydrogens (tertiary/aromatic N) is 2. The summed E-state index contributed by atoms with van der Waals surface area (Å²) in [6, 6.07) is -0.330. The van der Waals surface area contributed by atoms with Gasteiger partial charge in [-0.05, 0) is 12.8 Å². The van der Waals surface area contributed by atoms with Gasteiger partial charge in [-0.25, -0.2) is 9.78 Å². The van der Waals surface area contributed by atoms with Gasteiger partial charge in [0, 0.05) is 31.9 Å². The molecule has 0 aliphatic rings. The zero-order chi connectivity index (χ0) is 14.1. The Morgan fingerprint density at radius 3 is 2.89 bits per heavy atom. The summed E-state index contributed by atoms with van der Waals surface area (Å²) in [6.07, 6.45) is 5.67. The molecule has 0 saturated heterocycles. The number of carboxylic acid groups (broad SMARTS) is 1. The van der Waals surface area contributed by atoms with E-state index in [1.54, 1.807) is 12.4 Å². The first-order chi connectivity index (χ1) is 9.13. The largest absolute Gasteiger partial charge is 0.480 e. The van der Waals surface area contributed by atoms with E-state index in [0.717, 1.165) is 25.1 Å². The number of aromatic amines is 1. The lowest BCUT2D eigenvalue weighted by Gasteiger charge is -2.20. The van der Waals surface area contributed by atoms with Crippen molar-refractivity contribution in [3.63, 3.8) is 0 Å². The van der Waals surface area contributed by atoms with Gasteiger partial charge in [0.15, 0.2) is 0 Å². The van der Waals surface area contributed by atoms with Gasteiger partial charge < -0.3 is 20.3 Å². The molecule has 0 spiro atoms. The summed E-state index contributed by atoms with van der Waals surface area (Å²) in [4.78, 5) is 30.8. The van der Waals surface area contributed by atoms with Crippen molar-refractivity contribution in [1.29, 1.82) is 0 Å². The molecule has 0 bridgehead atoms. The number of carbonyl (C=O) groups is 2. The number of hydrogen-bond acceptors (Lipinski definition) is 3. The van der Waals surface area contributed by atoms with Crippen LogP contribution in [0.5, 0.6) is 0 Å². The molecule has 0 saturated carbocycles. The van der Waals surface area contributed by atoms with Gasteiger partial charge in [-0.3, -0.25) is 4.79 Å². The van der Waals surface area contributed by atoms with Gasteiger partial charge in [-0.15, -0.1) is 0 Å². The van der Waals surface area contributed by atoms with Crippen molar-refractivity contribution in [2.75, 3.05) is 19.6 Å². The quantitative estimate of drug-likeness (QED) is 0.609. The lowest BCUT2D eigenvalue weighted by atomic mass is 10.3. The fraction of sp³-hybridized carbons (Fsp3) is 0.583. The van der Waals surface area contributed by atoms with Gasteiger partial charge in [0.2, 0.25) is 0 Å². The molecule has 1 aromatic heterocycles. The molecule has 2 amide bonds. The first-order valence-electron chi connectivity index (χ1n) is 6.36. The topological polar surface area (TPSA) is 98.3 Å². The van der Waals surface area contributed by atoms with Gasteiger partial charge in [0.05, 0.1) is 0 Å². The number of carboxylic acids is 1. The number of nitrogens with one attached hydrogen (secondary N) is 2. The molecular weight excluding hydrogens is 248 g/mol. The number of rotatable bonds is 8. The van der Waals surface area contributed by atoms with Gasteiger partial charge in [0.25, 0.3) is 0 Å². The first-order valence-corrected chi connectivity index (χ1v) is 6.36. The van der Waals surface area contributed by atoms with E-state index in [9.17, 15) is 9.59 Å². The monoisotopic (exact) mass is 268 g/mol. The third-order valence-corrected chi connectivity index (χ3v) is 2.53. The van der Waals surface area contributed by atoms with Crippen LogP contribution < -0.4 is 5.32 Å². The van der Waals surface area contributed by atoms with E-state index in [0.29, 0.717) is 13.1 Å². The van der Waals surface area contributed by atoms with Crippen LogP contribution in [0.1, 0.15) is 25.6 Å². The highest BCUT2D eigenvalue weighted by Crippen LogP contribution is 1.96. The van der Waals surface area contributed by atoms with E-state index in [2.05, 4.69) is 15.3 Å². The molecule has 3 N–H and O–H groups in total. The Kier molecular flexibility index (Phi) is 6.42. The van der Waals surface area contributed by atoms with Crippen LogP contribution in [0.15, 0.2) is 12.4 Å². The normalized spacial score (nSPS) is 10.2. The lowest BCUT2D eigenvalue weighted by Crippen LogP contribution is -2.43. The Bertz CT molecular complexity index is 392. The zero-order valence-electron chi connectivity index (χ0n) is 11.1. The highest BCUT2D eigenvalue weighted by atomic mass is 16.4. The number of H-pyrrole nitrogens is 1. The number of urea groups is 1. The van der Waals surface area contributed by atoms with Crippen molar-refractivity contribution >= 4 is 12.0 Å². The number of carbonyl (C=O) groups excluding carboxylic acids is 1. The average molecular weight is 268 g/mol. The third kappa shape index (κ3) is 5.89. The second-order valence-electron chi connectivity index (χ2n) is 4.19. The van der Waals surface area contributed by atoms with Crippen molar-refractivity contribution in [1.82, 2.24) is 20.2 Å². The fourth-order valence-electron chi connectivity index (χ4n) is 1.68. The number of imidazole rings is 1. The number of aryl methyl sites for hydroxylation is 1. The number of amides is 2. The summed E-state index contributed by atoms with van der Waals surface area (Å²) in [6.45, 7) is 2.58. The molecule has 0 aliphatic heterocycles. The predicted molar refractivity (Wildman–Crippen MR) is 69.8 cm³/mol. The molecule has 1 rings (SSSR count). The van der Waals surface area contributed by atoms with E-state index in [1.165, 1.54) is 4.90 Å². The molecule has 0 radical (unpaired) electrons. The van der Waals surface area contributed by atoms with Gasteiger partial charge in [-0.2, -0.15) is 0 Å². The summed E-state index contributed by atoms with van der Waals surface area (Å²) in [5.41, 5.74) is 0. The molecule has 7 nitrogen and oxygen atoms in total. The first kappa shape index (κ1) is 15.0. The minimum Gasteiger partial charge on any atom is -0.480 e. The van der Waals surface area contributed by atoms with Crippen LogP contribution in [-0.4, -0.2) is 51.6 Å². The highest BCUT2D eigenvalue weighted by molar-refractivity contribution is 5.80. The van der Waals surface area contributed by atoms with Crippen LogP contribution in [0, 0.1) is 0 Å². The SMILES string of the molecule is CCCN(CC(=O)O)C(=O)NCCCc1ncc[nH]1. The molecule has 1 heterocycles. The van der Waals surface area contributed by atoms with E-state index in [-0.39, 0.29) is 12.6 Å². The molecule has 0 aliphatic carbocycles. The zero-order valence-corrected chi connectivity index (χ0v) is 11.1. The number of aliphatic carboxylic acids is 1. The molecule has 0 aromatic carbocycles. The summed E-state index contributed by atoms with van der Waals surface area (Å²) in [7, 11) is 0. The predicted octanol–water partition coefficient (Wildman–Crippen LogP) is 0.848. The standard InChI is InChI=1S/C12H20N4O3/c1-2-8-16(9-11(17)18)12(19)15-5-3-4-10-13-6-7-14-10/h6-7H,2-5,8-9H2,1H3,(H,13,14)(H,15,19)(H,17,18). The van der Waals surface area contributed by atoms with Crippen LogP contribution >= 0.6 is 0 Å². The van der Waals surface area contributed by atoms with E-state index in [1.807, 2.05) is 6.92 Å². The van der Waals surface area contributed by atoms with Gasteiger partial charge >= 0.3 is 12.0 Å². The van der Waals surface area contributed by atoms with Gasteiger partial charge in [-0.1, -0.05) is 6.92 Å². The van der Waals surface area contributed by atoms with Gasteiger partial charge in [0.1, 0.15) is 12.4 Å². The molecule has 0 atom stereocenters. The Hall–Kier alpha value is -2.05. The molecule has 0 unspecified atom stereocenters. The minimum absolute atomic E-state index is 0.266. The Balaban J connectivity index is 2.25.